The number of nitrogens with one attached hydrogen (secondary N) is 1. The highest BCUT2D eigenvalue weighted by Crippen LogP contribution is 2.28. The summed E-state index contributed by atoms with van der Waals surface area (Å²) in [5, 5.41) is 3.83. The molecule has 0 spiro atoms. The Morgan fingerprint density at radius 1 is 1.19 bits per heavy atom. The van der Waals surface area contributed by atoms with E-state index >= 15 is 0 Å². The first-order valence-corrected chi connectivity index (χ1v) is 9.50. The second-order valence-electron chi connectivity index (χ2n) is 6.52. The monoisotopic (exact) mass is 383 g/mol. The summed E-state index contributed by atoms with van der Waals surface area (Å²) < 4.78 is 13.6. The average molecular weight is 383 g/mol. The summed E-state index contributed by atoms with van der Waals surface area (Å²) in [5.74, 6) is -0.446. The van der Waals surface area contributed by atoms with Crippen LogP contribution in [-0.4, -0.2) is 36.4 Å². The van der Waals surface area contributed by atoms with Crippen molar-refractivity contribution in [1.29, 1.82) is 0 Å². The van der Waals surface area contributed by atoms with Crippen LogP contribution in [0.15, 0.2) is 54.6 Å². The summed E-state index contributed by atoms with van der Waals surface area (Å²) in [5.41, 5.74) is 2.44. The van der Waals surface area contributed by atoms with Crippen LogP contribution in [0, 0.1) is 12.7 Å². The molecule has 1 amide bonds. The molecule has 1 atom stereocenters. The Hall–Kier alpha value is -2.57. The molecule has 1 N–H and O–H groups in total. The Morgan fingerprint density at radius 2 is 1.93 bits per heavy atom. The van der Waals surface area contributed by atoms with Crippen LogP contribution in [0.25, 0.3) is 11.3 Å². The molecule has 0 bridgehead atoms. The van der Waals surface area contributed by atoms with Gasteiger partial charge in [-0.15, -0.1) is 11.3 Å². The lowest BCUT2D eigenvalue weighted by Gasteiger charge is -2.25. The fourth-order valence-electron chi connectivity index (χ4n) is 2.95. The number of amides is 1. The fraction of sp³-hybridized carbons (Fsp3) is 0.238. The number of nitrogens with zero attached hydrogens (tertiary/aromatic N) is 2. The lowest BCUT2D eigenvalue weighted by molar-refractivity contribution is 0.0946. The molecule has 4 nitrogen and oxygen atoms in total. The summed E-state index contributed by atoms with van der Waals surface area (Å²) >= 11 is 1.38. The molecule has 140 valence electrons. The van der Waals surface area contributed by atoms with Gasteiger partial charge in [0.2, 0.25) is 0 Å². The van der Waals surface area contributed by atoms with Crippen molar-refractivity contribution in [1.82, 2.24) is 15.2 Å². The topological polar surface area (TPSA) is 45.2 Å². The van der Waals surface area contributed by atoms with Crippen LogP contribution < -0.4 is 5.32 Å². The Bertz CT molecular complexity index is 924. The standard InChI is InChI=1S/C21H22FN3OS/c1-14-24-19(15-8-5-4-6-9-15)20(27-14)21(26)23-13-18(25(2)3)16-10-7-11-17(22)12-16/h4-12,18H,13H2,1-3H3,(H,23,26)/t18-/m0/s1. The molecule has 2 aromatic carbocycles. The SMILES string of the molecule is Cc1nc(-c2ccccc2)c(C(=O)NC[C@@H](c2cccc(F)c2)N(C)C)s1. The maximum Gasteiger partial charge on any atom is 0.263 e. The number of benzene rings is 2. The van der Waals surface area contributed by atoms with Gasteiger partial charge < -0.3 is 10.2 Å². The minimum absolute atomic E-state index is 0.126. The molecule has 0 saturated heterocycles. The van der Waals surface area contributed by atoms with Gasteiger partial charge in [0, 0.05) is 12.1 Å². The highest BCUT2D eigenvalue weighted by atomic mass is 32.1. The third-order valence-electron chi connectivity index (χ3n) is 4.30. The molecule has 0 fully saturated rings. The van der Waals surface area contributed by atoms with E-state index in [0.29, 0.717) is 17.1 Å². The third kappa shape index (κ3) is 4.59. The van der Waals surface area contributed by atoms with Gasteiger partial charge in [-0.2, -0.15) is 0 Å². The van der Waals surface area contributed by atoms with Gasteiger partial charge in [-0.1, -0.05) is 42.5 Å². The normalized spacial score (nSPS) is 12.2. The van der Waals surface area contributed by atoms with E-state index in [1.807, 2.05) is 62.3 Å². The summed E-state index contributed by atoms with van der Waals surface area (Å²) in [6, 6.07) is 16.0. The minimum atomic E-state index is -0.282. The molecule has 0 aliphatic heterocycles. The zero-order valence-electron chi connectivity index (χ0n) is 15.6. The molecular formula is C21H22FN3OS. The number of thiazole rings is 1. The number of carbonyl (C=O) groups is 1. The van der Waals surface area contributed by atoms with E-state index in [0.717, 1.165) is 16.1 Å². The van der Waals surface area contributed by atoms with Crippen molar-refractivity contribution < 1.29 is 9.18 Å². The summed E-state index contributed by atoms with van der Waals surface area (Å²) in [7, 11) is 3.82. The first kappa shape index (κ1) is 19.2. The zero-order valence-corrected chi connectivity index (χ0v) is 16.4. The van der Waals surface area contributed by atoms with Gasteiger partial charge in [0.25, 0.3) is 5.91 Å². The molecule has 0 saturated carbocycles. The molecule has 0 aliphatic carbocycles. The lowest BCUT2D eigenvalue weighted by Crippen LogP contribution is -2.34. The van der Waals surface area contributed by atoms with Crippen LogP contribution in [0.1, 0.15) is 26.3 Å². The minimum Gasteiger partial charge on any atom is -0.349 e. The van der Waals surface area contributed by atoms with Crippen LogP contribution in [0.4, 0.5) is 4.39 Å². The highest BCUT2D eigenvalue weighted by Gasteiger charge is 2.21. The number of halogens is 1. The quantitative estimate of drug-likeness (QED) is 0.691. The first-order chi connectivity index (χ1) is 13.0. The van der Waals surface area contributed by atoms with E-state index in [1.165, 1.54) is 23.5 Å². The molecule has 3 rings (SSSR count). The molecule has 27 heavy (non-hydrogen) atoms. The van der Waals surface area contributed by atoms with E-state index in [2.05, 4.69) is 10.3 Å². The van der Waals surface area contributed by atoms with Gasteiger partial charge >= 0.3 is 0 Å². The summed E-state index contributed by atoms with van der Waals surface area (Å²) in [4.78, 5) is 19.9. The predicted molar refractivity (Wildman–Crippen MR) is 107 cm³/mol. The highest BCUT2D eigenvalue weighted by molar-refractivity contribution is 7.14. The average Bonchev–Trinajstić information content (AvgIpc) is 3.04. The van der Waals surface area contributed by atoms with Crippen LogP contribution in [-0.2, 0) is 0 Å². The van der Waals surface area contributed by atoms with Gasteiger partial charge in [-0.05, 0) is 38.7 Å². The maximum atomic E-state index is 13.6. The Morgan fingerprint density at radius 3 is 2.59 bits per heavy atom. The molecular weight excluding hydrogens is 361 g/mol. The second-order valence-corrected chi connectivity index (χ2v) is 7.72. The molecule has 3 aromatic rings. The molecule has 0 radical (unpaired) electrons. The van der Waals surface area contributed by atoms with Gasteiger partial charge in [0.05, 0.1) is 16.7 Å². The lowest BCUT2D eigenvalue weighted by atomic mass is 10.1. The third-order valence-corrected chi connectivity index (χ3v) is 5.27. The Labute approximate surface area is 162 Å². The first-order valence-electron chi connectivity index (χ1n) is 8.68. The molecule has 6 heteroatoms. The van der Waals surface area contributed by atoms with Crippen molar-refractivity contribution in [3.63, 3.8) is 0 Å². The summed E-state index contributed by atoms with van der Waals surface area (Å²) in [6.07, 6.45) is 0. The Kier molecular flexibility index (Phi) is 5.98. The van der Waals surface area contributed by atoms with E-state index in [1.54, 1.807) is 6.07 Å². The zero-order chi connectivity index (χ0) is 19.4. The maximum absolute atomic E-state index is 13.6. The number of rotatable bonds is 6. The van der Waals surface area contributed by atoms with E-state index in [-0.39, 0.29) is 17.8 Å². The van der Waals surface area contributed by atoms with Gasteiger partial charge in [0.1, 0.15) is 10.7 Å². The van der Waals surface area contributed by atoms with Crippen molar-refractivity contribution in [3.05, 3.63) is 75.9 Å². The van der Waals surface area contributed by atoms with Gasteiger partial charge in [0.15, 0.2) is 0 Å². The van der Waals surface area contributed by atoms with Crippen LogP contribution in [0.5, 0.6) is 0 Å². The van der Waals surface area contributed by atoms with Gasteiger partial charge in [-0.25, -0.2) is 9.37 Å². The largest absolute Gasteiger partial charge is 0.349 e. The van der Waals surface area contributed by atoms with Crippen LogP contribution in [0.2, 0.25) is 0 Å². The van der Waals surface area contributed by atoms with E-state index < -0.39 is 0 Å². The fourth-order valence-corrected chi connectivity index (χ4v) is 3.81. The molecule has 1 heterocycles. The Balaban J connectivity index is 1.79. The van der Waals surface area contributed by atoms with E-state index in [4.69, 9.17) is 0 Å². The summed E-state index contributed by atoms with van der Waals surface area (Å²) in [6.45, 7) is 2.27. The molecule has 0 unspecified atom stereocenters. The molecule has 0 aliphatic rings. The number of likely N-dealkylation sites (N-methyl/N-ethyl adjacent to an activating group) is 1. The number of hydrogen-bond donors (Lipinski definition) is 1. The van der Waals surface area contributed by atoms with Crippen molar-refractivity contribution in [3.8, 4) is 11.3 Å². The van der Waals surface area contributed by atoms with Crippen molar-refractivity contribution in [2.75, 3.05) is 20.6 Å². The second kappa shape index (κ2) is 8.41. The number of hydrogen-bond acceptors (Lipinski definition) is 4. The molecule has 1 aromatic heterocycles. The number of carbonyl (C=O) groups excluding carboxylic acids is 1. The smallest absolute Gasteiger partial charge is 0.263 e. The van der Waals surface area contributed by atoms with Crippen molar-refractivity contribution in [2.24, 2.45) is 0 Å². The van der Waals surface area contributed by atoms with Crippen LogP contribution in [0.3, 0.4) is 0 Å². The number of aromatic nitrogens is 1. The van der Waals surface area contributed by atoms with Crippen molar-refractivity contribution >= 4 is 17.2 Å². The van der Waals surface area contributed by atoms with E-state index in [9.17, 15) is 9.18 Å². The number of aryl methyl sites for hydroxylation is 1. The van der Waals surface area contributed by atoms with Gasteiger partial charge in [-0.3, -0.25) is 4.79 Å². The predicted octanol–water partition coefficient (Wildman–Crippen LogP) is 4.29. The van der Waals surface area contributed by atoms with Crippen LogP contribution >= 0.6 is 11.3 Å². The van der Waals surface area contributed by atoms with Crippen molar-refractivity contribution in [2.45, 2.75) is 13.0 Å².